The van der Waals surface area contributed by atoms with Crippen LogP contribution in [0.1, 0.15) is 176 Å². The molecule has 18 heterocycles. The van der Waals surface area contributed by atoms with E-state index in [1.54, 1.807) is 51.3 Å². The molecule has 7 fully saturated rings. The lowest BCUT2D eigenvalue weighted by molar-refractivity contribution is -0.542. The monoisotopic (exact) mass is 1870 g/mol. The SMILES string of the molecule is C.C.C.CO.Clc1nc(Cl)c2cccn2n1.Clc1nc(Nc2cn(-c3cn(C4CCC4)cn3)cn2)c2cccn2n1.Nc1cn(-c2cn(C3CCC3)cn2)cn1.Nc1cn(C2CCC2)cn1.O=[N+]([O-])c1cn(-c2cn(C3CCC3)cn2)cn1.O=[N+]([O-])c1cn([N+](=O)[O-])cn1.OC[C@@H]1CCCN1.OC[C@@H]1CCCN1c1nc(Nc2cn(-c3cn(C4CCC4)cn3)cn2)c2cccn2n1.[HH]. The van der Waals surface area contributed by atoms with Gasteiger partial charge in [0.2, 0.25) is 22.8 Å². The van der Waals surface area contributed by atoms with Gasteiger partial charge in [-0.15, -0.1) is 15.3 Å². The highest BCUT2D eigenvalue weighted by Gasteiger charge is 2.29. The van der Waals surface area contributed by atoms with Gasteiger partial charge in [-0.05, 0) is 213 Å². The number of hydrogen-bond donors (Lipinski definition) is 8. The van der Waals surface area contributed by atoms with Crippen molar-refractivity contribution in [3.63, 3.8) is 0 Å². The summed E-state index contributed by atoms with van der Waals surface area (Å²) in [6, 6.07) is 14.9. The number of aliphatic hydroxyl groups is 3. The van der Waals surface area contributed by atoms with Gasteiger partial charge in [0, 0.05) is 101 Å². The molecule has 132 heavy (non-hydrogen) atoms. The molecule has 0 aromatic carbocycles. The minimum absolute atomic E-state index is 0. The molecule has 2 atom stereocenters. The van der Waals surface area contributed by atoms with Gasteiger partial charge in [-0.2, -0.15) is 9.97 Å². The van der Waals surface area contributed by atoms with Crippen LogP contribution in [0.25, 0.3) is 39.8 Å². The number of imidazole rings is 10. The van der Waals surface area contributed by atoms with E-state index in [-0.39, 0.29) is 52.7 Å². The summed E-state index contributed by atoms with van der Waals surface area (Å²) in [6.07, 6.45) is 63.0. The van der Waals surface area contributed by atoms with E-state index in [1.807, 2.05) is 123 Å². The van der Waals surface area contributed by atoms with Crippen LogP contribution in [0, 0.1) is 30.3 Å². The molecule has 16 aromatic rings. The molecule has 16 aromatic heterocycles. The number of nitrogens with one attached hydrogen (secondary N) is 3. The second-order valence-corrected chi connectivity index (χ2v) is 32.0. The van der Waals surface area contributed by atoms with Gasteiger partial charge in [0.1, 0.15) is 65.0 Å². The van der Waals surface area contributed by atoms with Crippen LogP contribution in [-0.4, -0.2) is 215 Å². The fraction of sp³-hybridized carbons (Fsp3) is 0.415. The lowest BCUT2D eigenvalue weighted by Gasteiger charge is -2.26. The predicted molar refractivity (Wildman–Crippen MR) is 497 cm³/mol. The molecular weight excluding hydrogens is 1770 g/mol. The Kier molecular flexibility index (Phi) is 33.4. The van der Waals surface area contributed by atoms with Crippen LogP contribution in [-0.2, 0) is 0 Å². The largest absolute Gasteiger partial charge is 0.400 e. The lowest BCUT2D eigenvalue weighted by Crippen LogP contribution is -2.34. The van der Waals surface area contributed by atoms with Crippen molar-refractivity contribution in [2.75, 3.05) is 60.4 Å². The third-order valence-corrected chi connectivity index (χ3v) is 23.4. The number of aliphatic hydroxyl groups excluding tert-OH is 3. The maximum absolute atomic E-state index is 10.5. The Bertz CT molecular complexity index is 6320. The Labute approximate surface area is 772 Å². The maximum atomic E-state index is 10.5. The van der Waals surface area contributed by atoms with Crippen molar-refractivity contribution in [2.24, 2.45) is 0 Å². The van der Waals surface area contributed by atoms with E-state index in [4.69, 9.17) is 61.5 Å². The minimum Gasteiger partial charge on any atom is -0.400 e. The summed E-state index contributed by atoms with van der Waals surface area (Å²) >= 11 is 17.3. The Hall–Kier alpha value is -14.1. The van der Waals surface area contributed by atoms with Gasteiger partial charge >= 0.3 is 11.6 Å². The summed E-state index contributed by atoms with van der Waals surface area (Å²) < 4.78 is 23.4. The van der Waals surface area contributed by atoms with Gasteiger partial charge in [0.15, 0.2) is 51.3 Å². The van der Waals surface area contributed by atoms with Crippen molar-refractivity contribution < 1.29 is 31.6 Å². The van der Waals surface area contributed by atoms with Crippen molar-refractivity contribution in [2.45, 2.75) is 187 Å². The lowest BCUT2D eigenvalue weighted by atomic mass is 9.93. The Morgan fingerprint density at radius 2 is 0.841 bits per heavy atom. The summed E-state index contributed by atoms with van der Waals surface area (Å²) in [6.45, 7) is 2.34. The molecule has 23 rings (SSSR count). The fourth-order valence-corrected chi connectivity index (χ4v) is 15.2. The number of fused-ring (bicyclic) bond motifs is 3. The second kappa shape index (κ2) is 45.4. The molecule has 5 aliphatic carbocycles. The second-order valence-electron chi connectivity index (χ2n) is 31.0. The molecule has 47 nitrogen and oxygen atoms in total. The quantitative estimate of drug-likeness (QED) is 0.0275. The molecule has 0 unspecified atom stereocenters. The van der Waals surface area contributed by atoms with Gasteiger partial charge in [0.05, 0.1) is 69.5 Å². The number of nitrogen functional groups attached to an aromatic ring is 2. The number of nitrogens with two attached hydrogens (primary N) is 2. The van der Waals surface area contributed by atoms with Crippen LogP contribution in [0.3, 0.4) is 0 Å². The molecule has 0 amide bonds. The molecule has 7 aliphatic rings. The highest BCUT2D eigenvalue weighted by atomic mass is 35.5. The van der Waals surface area contributed by atoms with Crippen LogP contribution < -0.4 is 32.3 Å². The van der Waals surface area contributed by atoms with Crippen molar-refractivity contribution >= 4 is 104 Å². The predicted octanol–water partition coefficient (Wildman–Crippen LogP) is 13.4. The topological polar surface area (TPSA) is 550 Å². The zero-order valence-corrected chi connectivity index (χ0v) is 72.2. The molecule has 50 heteroatoms. The first kappa shape index (κ1) is 96.9. The zero-order chi connectivity index (χ0) is 90.0. The van der Waals surface area contributed by atoms with Crippen molar-refractivity contribution in [1.29, 1.82) is 0 Å². The fourth-order valence-electron chi connectivity index (χ4n) is 14.6. The van der Waals surface area contributed by atoms with Crippen LogP contribution >= 0.6 is 34.8 Å². The van der Waals surface area contributed by atoms with E-state index in [1.165, 1.54) is 115 Å². The third-order valence-electron chi connectivity index (χ3n) is 22.8. The highest BCUT2D eigenvalue weighted by Crippen LogP contribution is 2.37. The maximum Gasteiger partial charge on any atom is 0.388 e. The molecule has 702 valence electrons. The molecule has 10 N–H and O–H groups in total. The van der Waals surface area contributed by atoms with Crippen LogP contribution in [0.15, 0.2) is 180 Å². The molecule has 0 bridgehead atoms. The normalized spacial score (nSPS) is 16.0. The van der Waals surface area contributed by atoms with Crippen LogP contribution in [0.2, 0.25) is 15.7 Å². The Balaban J connectivity index is 0.000000151. The molecule has 0 spiro atoms. The van der Waals surface area contributed by atoms with E-state index in [0.29, 0.717) is 99.4 Å². The summed E-state index contributed by atoms with van der Waals surface area (Å²) in [5.74, 6) is 6.95. The van der Waals surface area contributed by atoms with E-state index in [9.17, 15) is 35.4 Å². The number of nitro groups is 3. The number of nitrogens with zero attached hydrogens (tertiary/aromatic N) is 33. The van der Waals surface area contributed by atoms with Crippen molar-refractivity contribution in [3.05, 3.63) is 226 Å². The standard InChI is InChI=1S/C21H25N9O.C16H15ClN8.C10H11N5O2.C10H13N5.C7H11N3.C6H3Cl2N3.C5H11NO.C3H2N4O4.CH4O.3CH4.H2/c31-12-16-6-2-8-29(16)21-25-20(17-7-3-9-30(17)26-21)24-18-10-28(13-22-18)19-11-27(14-23-19)15-4-1-5-15;17-16-21-15(12-5-2-6-25(12)22-16)20-13-7-24(9-18-13)14-8-23(10-19-14)11-3-1-4-11;16-15(17)10-5-14(7-12-10)9-4-13(6-11-9)8-2-1-3-8;11-9-4-15(6-12-9)10-5-14(7-13-10)8-2-1-3-8;8-7-4-10(5-9-7)6-2-1-3-6;7-5-4-2-1-3-11(4)10-6(8)9-5;7-4-5-2-1-3-6-5;8-6(9)3-1-5(2-4-3)7(10)11;1-2;;;;/h3,7,9-11,13-16,31H,1-2,4-6,8,12H2,(H,24,25,26);2,5-11H,1,3-4H2,(H,20,21,22);4-8H,1-3H2;4-8H,1-3,11H2;4-6H,1-3,8H2;1-3H;5-7H,1-4H2;1-2H;2H,1H3;3*1H4;1H/t16-;;;;;;5-;;;;;;/m0.....0....../s1. The van der Waals surface area contributed by atoms with E-state index < -0.39 is 20.7 Å². The van der Waals surface area contributed by atoms with E-state index in [2.05, 4.69) is 131 Å². The van der Waals surface area contributed by atoms with E-state index >= 15 is 0 Å². The average molecular weight is 1880 g/mol. The molecule has 0 radical (unpaired) electrons. The number of anilines is 7. The van der Waals surface area contributed by atoms with Crippen molar-refractivity contribution in [1.82, 2.24) is 145 Å². The number of rotatable bonds is 19. The summed E-state index contributed by atoms with van der Waals surface area (Å²) in [4.78, 5) is 85.2. The average Bonchev–Trinajstić information content (AvgIpc) is 1.66. The van der Waals surface area contributed by atoms with Gasteiger partial charge in [0.25, 0.3) is 6.33 Å². The van der Waals surface area contributed by atoms with Crippen LogP contribution in [0.5, 0.6) is 0 Å². The van der Waals surface area contributed by atoms with Gasteiger partial charge in [-0.25, -0.2) is 68.5 Å². The van der Waals surface area contributed by atoms with Gasteiger partial charge in [-0.1, -0.05) is 33.9 Å². The first-order valence-corrected chi connectivity index (χ1v) is 43.0. The Morgan fingerprint density at radius 1 is 0.439 bits per heavy atom. The molecule has 5 saturated carbocycles. The number of halogens is 3. The highest BCUT2D eigenvalue weighted by molar-refractivity contribution is 6.34. The Morgan fingerprint density at radius 3 is 1.23 bits per heavy atom. The first-order valence-electron chi connectivity index (χ1n) is 41.9. The van der Waals surface area contributed by atoms with Gasteiger partial charge in [-0.3, -0.25) is 18.3 Å². The summed E-state index contributed by atoms with van der Waals surface area (Å²) in [5.41, 5.74) is 13.5. The van der Waals surface area contributed by atoms with Gasteiger partial charge < -0.3 is 90.7 Å². The summed E-state index contributed by atoms with van der Waals surface area (Å²) in [5, 5.41) is 77.8. The van der Waals surface area contributed by atoms with E-state index in [0.717, 1.165) is 86.0 Å². The molecule has 2 aliphatic heterocycles. The number of aromatic nitrogens is 29. The number of hydrogen-bond acceptors (Lipinski definition) is 31. The third kappa shape index (κ3) is 23.9. The summed E-state index contributed by atoms with van der Waals surface area (Å²) in [7, 11) is 1.00. The zero-order valence-electron chi connectivity index (χ0n) is 69.9. The van der Waals surface area contributed by atoms with Crippen LogP contribution in [0.4, 0.5) is 52.5 Å². The smallest absolute Gasteiger partial charge is 0.388 e. The molecular formula is C82H109Cl3N38O9. The molecule has 2 saturated heterocycles. The van der Waals surface area contributed by atoms with Crippen molar-refractivity contribution in [3.8, 4) is 23.3 Å². The minimum atomic E-state index is -0.819. The first-order chi connectivity index (χ1) is 62.8.